The molecule has 6 nitrogen and oxygen atoms in total. The number of para-hydroxylation sites is 2. The predicted molar refractivity (Wildman–Crippen MR) is 84.6 cm³/mol. The van der Waals surface area contributed by atoms with Crippen LogP contribution in [-0.4, -0.2) is 36.3 Å². The Balaban J connectivity index is 1.50. The number of oxazole rings is 1. The van der Waals surface area contributed by atoms with Gasteiger partial charge in [0.2, 0.25) is 0 Å². The molecule has 6 heteroatoms. The van der Waals surface area contributed by atoms with Gasteiger partial charge in [-0.25, -0.2) is 4.98 Å². The molecule has 112 valence electrons. The van der Waals surface area contributed by atoms with E-state index in [9.17, 15) is 0 Å². The van der Waals surface area contributed by atoms with Crippen LogP contribution in [0.4, 0.5) is 17.5 Å². The maximum absolute atomic E-state index is 5.64. The molecule has 0 radical (unpaired) electrons. The third-order valence-electron chi connectivity index (χ3n) is 3.63. The molecule has 22 heavy (non-hydrogen) atoms. The summed E-state index contributed by atoms with van der Waals surface area (Å²) in [5, 5.41) is 3.14. The molecule has 1 aliphatic heterocycles. The molecule has 1 aromatic carbocycles. The summed E-state index contributed by atoms with van der Waals surface area (Å²) in [6.45, 7) is 3.27. The molecular formula is C16H16N4O2. The van der Waals surface area contributed by atoms with Crippen LogP contribution < -0.4 is 10.2 Å². The SMILES string of the molecule is c1ccc2oc(Nc3ccc(N4CCOCC4)nc3)nc2c1. The van der Waals surface area contributed by atoms with Crippen molar-refractivity contribution in [3.05, 3.63) is 42.6 Å². The van der Waals surface area contributed by atoms with Crippen molar-refractivity contribution in [2.45, 2.75) is 0 Å². The number of ether oxygens (including phenoxy) is 1. The molecule has 1 N–H and O–H groups in total. The lowest BCUT2D eigenvalue weighted by Crippen LogP contribution is -2.36. The fraction of sp³-hybridized carbons (Fsp3) is 0.250. The first kappa shape index (κ1) is 13.1. The van der Waals surface area contributed by atoms with Crippen molar-refractivity contribution < 1.29 is 9.15 Å². The van der Waals surface area contributed by atoms with Crippen molar-refractivity contribution in [3.63, 3.8) is 0 Å². The number of fused-ring (bicyclic) bond motifs is 1. The Hall–Kier alpha value is -2.60. The first-order valence-electron chi connectivity index (χ1n) is 7.30. The van der Waals surface area contributed by atoms with Crippen LogP contribution in [0.25, 0.3) is 11.1 Å². The van der Waals surface area contributed by atoms with Crippen molar-refractivity contribution in [3.8, 4) is 0 Å². The van der Waals surface area contributed by atoms with Gasteiger partial charge in [-0.2, -0.15) is 4.98 Å². The van der Waals surface area contributed by atoms with E-state index in [0.717, 1.165) is 48.9 Å². The molecule has 1 saturated heterocycles. The van der Waals surface area contributed by atoms with Gasteiger partial charge in [-0.1, -0.05) is 12.1 Å². The van der Waals surface area contributed by atoms with Crippen LogP contribution in [0.15, 0.2) is 47.0 Å². The number of anilines is 3. The Morgan fingerprint density at radius 1 is 1.05 bits per heavy atom. The monoisotopic (exact) mass is 296 g/mol. The predicted octanol–water partition coefficient (Wildman–Crippen LogP) is 2.80. The molecule has 0 saturated carbocycles. The number of benzene rings is 1. The van der Waals surface area contributed by atoms with Gasteiger partial charge in [0.05, 0.1) is 25.1 Å². The van der Waals surface area contributed by atoms with Crippen LogP contribution in [-0.2, 0) is 4.74 Å². The Morgan fingerprint density at radius 3 is 2.68 bits per heavy atom. The molecule has 2 aromatic heterocycles. The van der Waals surface area contributed by atoms with Crippen LogP contribution in [0.3, 0.4) is 0 Å². The molecule has 0 bridgehead atoms. The van der Waals surface area contributed by atoms with E-state index < -0.39 is 0 Å². The number of pyridine rings is 1. The lowest BCUT2D eigenvalue weighted by atomic mass is 10.3. The molecular weight excluding hydrogens is 280 g/mol. The van der Waals surface area contributed by atoms with Crippen molar-refractivity contribution in [1.29, 1.82) is 0 Å². The second kappa shape index (κ2) is 5.65. The third kappa shape index (κ3) is 2.60. The smallest absolute Gasteiger partial charge is 0.300 e. The molecule has 0 spiro atoms. The van der Waals surface area contributed by atoms with Crippen molar-refractivity contribution in [1.82, 2.24) is 9.97 Å². The number of nitrogens with one attached hydrogen (secondary N) is 1. The van der Waals surface area contributed by atoms with Gasteiger partial charge in [0.15, 0.2) is 5.58 Å². The number of morpholine rings is 1. The molecule has 0 unspecified atom stereocenters. The Morgan fingerprint density at radius 2 is 1.91 bits per heavy atom. The third-order valence-corrected chi connectivity index (χ3v) is 3.63. The van der Waals surface area contributed by atoms with E-state index in [1.54, 1.807) is 6.20 Å². The van der Waals surface area contributed by atoms with Gasteiger partial charge in [-0.15, -0.1) is 0 Å². The van der Waals surface area contributed by atoms with E-state index in [2.05, 4.69) is 20.2 Å². The van der Waals surface area contributed by atoms with Crippen LogP contribution in [0, 0.1) is 0 Å². The lowest BCUT2D eigenvalue weighted by molar-refractivity contribution is 0.122. The minimum absolute atomic E-state index is 0.474. The van der Waals surface area contributed by atoms with Gasteiger partial charge < -0.3 is 19.4 Å². The van der Waals surface area contributed by atoms with Gasteiger partial charge in [-0.3, -0.25) is 0 Å². The van der Waals surface area contributed by atoms with E-state index in [1.165, 1.54) is 0 Å². The van der Waals surface area contributed by atoms with Crippen molar-refractivity contribution in [2.75, 3.05) is 36.5 Å². The highest BCUT2D eigenvalue weighted by Crippen LogP contribution is 2.22. The highest BCUT2D eigenvalue weighted by Gasteiger charge is 2.12. The first-order chi connectivity index (χ1) is 10.9. The average molecular weight is 296 g/mol. The maximum atomic E-state index is 5.64. The van der Waals surface area contributed by atoms with Gasteiger partial charge in [0.1, 0.15) is 11.3 Å². The normalized spacial score (nSPS) is 15.2. The Labute approximate surface area is 127 Å². The average Bonchev–Trinajstić information content (AvgIpc) is 2.98. The summed E-state index contributed by atoms with van der Waals surface area (Å²) in [6.07, 6.45) is 1.79. The number of aromatic nitrogens is 2. The van der Waals surface area contributed by atoms with Crippen LogP contribution >= 0.6 is 0 Å². The summed E-state index contributed by atoms with van der Waals surface area (Å²) >= 11 is 0. The van der Waals surface area contributed by atoms with Crippen molar-refractivity contribution >= 4 is 28.6 Å². The zero-order chi connectivity index (χ0) is 14.8. The standard InChI is InChI=1S/C16H16N4O2/c1-2-4-14-13(3-1)19-16(22-14)18-12-5-6-15(17-11-12)20-7-9-21-10-8-20/h1-6,11H,7-10H2,(H,18,19). The molecule has 3 aromatic rings. The summed E-state index contributed by atoms with van der Waals surface area (Å²) in [7, 11) is 0. The summed E-state index contributed by atoms with van der Waals surface area (Å²) in [5.74, 6) is 0.964. The molecule has 4 rings (SSSR count). The van der Waals surface area contributed by atoms with Crippen LogP contribution in [0.2, 0.25) is 0 Å². The second-order valence-electron chi connectivity index (χ2n) is 5.12. The van der Waals surface area contributed by atoms with Crippen LogP contribution in [0.1, 0.15) is 0 Å². The summed E-state index contributed by atoms with van der Waals surface area (Å²) in [4.78, 5) is 11.1. The lowest BCUT2D eigenvalue weighted by Gasteiger charge is -2.27. The Kier molecular flexibility index (Phi) is 3.36. The minimum Gasteiger partial charge on any atom is -0.423 e. The molecule has 3 heterocycles. The largest absolute Gasteiger partial charge is 0.423 e. The summed E-state index contributed by atoms with van der Waals surface area (Å²) < 4.78 is 11.0. The Bertz CT molecular complexity index is 730. The van der Waals surface area contributed by atoms with E-state index in [0.29, 0.717) is 6.01 Å². The fourth-order valence-corrected chi connectivity index (χ4v) is 2.49. The zero-order valence-corrected chi connectivity index (χ0v) is 12.0. The highest BCUT2D eigenvalue weighted by molar-refractivity contribution is 5.75. The number of hydrogen-bond donors (Lipinski definition) is 1. The fourth-order valence-electron chi connectivity index (χ4n) is 2.49. The van der Waals surface area contributed by atoms with Gasteiger partial charge >= 0.3 is 0 Å². The molecule has 0 aliphatic carbocycles. The number of hydrogen-bond acceptors (Lipinski definition) is 6. The second-order valence-corrected chi connectivity index (χ2v) is 5.12. The van der Waals surface area contributed by atoms with E-state index in [-0.39, 0.29) is 0 Å². The highest BCUT2D eigenvalue weighted by atomic mass is 16.5. The van der Waals surface area contributed by atoms with E-state index >= 15 is 0 Å². The zero-order valence-electron chi connectivity index (χ0n) is 12.0. The topological polar surface area (TPSA) is 63.4 Å². The maximum Gasteiger partial charge on any atom is 0.300 e. The summed E-state index contributed by atoms with van der Waals surface area (Å²) in [6, 6.07) is 12.1. The molecule has 1 aliphatic rings. The molecule has 0 amide bonds. The van der Waals surface area contributed by atoms with E-state index in [1.807, 2.05) is 36.4 Å². The van der Waals surface area contributed by atoms with Gasteiger partial charge in [0.25, 0.3) is 6.01 Å². The quantitative estimate of drug-likeness (QED) is 0.802. The molecule has 1 fully saturated rings. The number of rotatable bonds is 3. The molecule has 0 atom stereocenters. The number of nitrogens with zero attached hydrogens (tertiary/aromatic N) is 3. The van der Waals surface area contributed by atoms with Crippen LogP contribution in [0.5, 0.6) is 0 Å². The minimum atomic E-state index is 0.474. The summed E-state index contributed by atoms with van der Waals surface area (Å²) in [5.41, 5.74) is 2.45. The first-order valence-corrected chi connectivity index (χ1v) is 7.30. The van der Waals surface area contributed by atoms with Gasteiger partial charge in [0, 0.05) is 13.1 Å². The van der Waals surface area contributed by atoms with Gasteiger partial charge in [-0.05, 0) is 24.3 Å². The van der Waals surface area contributed by atoms with E-state index in [4.69, 9.17) is 9.15 Å². The van der Waals surface area contributed by atoms with Crippen molar-refractivity contribution in [2.24, 2.45) is 0 Å².